The Morgan fingerprint density at radius 3 is 2.53 bits per heavy atom. The van der Waals surface area contributed by atoms with Gasteiger partial charge in [-0.25, -0.2) is 4.98 Å². The Morgan fingerprint density at radius 1 is 0.895 bits per heavy atom. The maximum Gasteiger partial charge on any atom is 0.207 e. The van der Waals surface area contributed by atoms with E-state index in [9.17, 15) is 0 Å². The molecule has 1 N–H and O–H groups in total. The minimum atomic E-state index is 0.657. The largest absolute Gasteiger partial charge is 0.350 e. The average Bonchev–Trinajstić information content (AvgIpc) is 2.95. The van der Waals surface area contributed by atoms with Crippen LogP contribution in [0.5, 0.6) is 0 Å². The summed E-state index contributed by atoms with van der Waals surface area (Å²) in [5.41, 5.74) is 2.08. The molecule has 0 saturated heterocycles. The van der Waals surface area contributed by atoms with E-state index in [1.54, 1.807) is 12.4 Å². The molecule has 0 saturated carbocycles. The second kappa shape index (κ2) is 5.35. The van der Waals surface area contributed by atoms with Gasteiger partial charge in [-0.05, 0) is 24.3 Å². The van der Waals surface area contributed by atoms with Crippen molar-refractivity contribution in [3.8, 4) is 5.69 Å². The first-order chi connectivity index (χ1) is 9.43. The lowest BCUT2D eigenvalue weighted by Crippen LogP contribution is -2.06. The van der Waals surface area contributed by atoms with Gasteiger partial charge in [0.25, 0.3) is 0 Å². The van der Waals surface area contributed by atoms with Crippen LogP contribution in [0.3, 0.4) is 0 Å². The number of nitrogens with zero attached hydrogens (tertiary/aromatic N) is 3. The molecule has 2 aromatic heterocycles. The first kappa shape index (κ1) is 11.5. The van der Waals surface area contributed by atoms with Gasteiger partial charge in [0.2, 0.25) is 5.95 Å². The number of aromatic nitrogens is 3. The molecule has 19 heavy (non-hydrogen) atoms. The van der Waals surface area contributed by atoms with Gasteiger partial charge in [0, 0.05) is 24.3 Å². The Bertz CT molecular complexity index is 632. The lowest BCUT2D eigenvalue weighted by atomic mass is 10.3. The zero-order chi connectivity index (χ0) is 12.9. The van der Waals surface area contributed by atoms with Crippen molar-refractivity contribution in [3.63, 3.8) is 0 Å². The molecule has 4 heteroatoms. The summed E-state index contributed by atoms with van der Waals surface area (Å²) in [5, 5.41) is 3.30. The summed E-state index contributed by atoms with van der Waals surface area (Å²) in [6.45, 7) is 0.657. The molecule has 0 aliphatic carbocycles. The van der Waals surface area contributed by atoms with Crippen LogP contribution in [-0.4, -0.2) is 14.5 Å². The van der Waals surface area contributed by atoms with Gasteiger partial charge in [0.1, 0.15) is 0 Å². The number of benzene rings is 1. The van der Waals surface area contributed by atoms with Gasteiger partial charge in [-0.2, -0.15) is 0 Å². The Balaban J connectivity index is 1.78. The van der Waals surface area contributed by atoms with Crippen molar-refractivity contribution >= 4 is 5.95 Å². The van der Waals surface area contributed by atoms with Crippen LogP contribution < -0.4 is 5.32 Å². The lowest BCUT2D eigenvalue weighted by Gasteiger charge is -2.09. The van der Waals surface area contributed by atoms with Crippen molar-refractivity contribution in [3.05, 3.63) is 72.8 Å². The fourth-order valence-electron chi connectivity index (χ4n) is 1.90. The molecule has 0 aliphatic rings. The number of imidazole rings is 1. The highest BCUT2D eigenvalue weighted by atomic mass is 15.2. The summed E-state index contributed by atoms with van der Waals surface area (Å²) in [6, 6.07) is 16.0. The van der Waals surface area contributed by atoms with Crippen LogP contribution in [-0.2, 0) is 6.54 Å². The summed E-state index contributed by atoms with van der Waals surface area (Å²) in [6.07, 6.45) is 5.52. The van der Waals surface area contributed by atoms with Crippen LogP contribution in [0.25, 0.3) is 5.69 Å². The van der Waals surface area contributed by atoms with Crippen molar-refractivity contribution in [1.29, 1.82) is 0 Å². The molecule has 0 atom stereocenters. The van der Waals surface area contributed by atoms with E-state index in [0.29, 0.717) is 6.54 Å². The number of para-hydroxylation sites is 1. The summed E-state index contributed by atoms with van der Waals surface area (Å²) in [4.78, 5) is 8.61. The first-order valence-corrected chi connectivity index (χ1v) is 6.16. The number of nitrogens with one attached hydrogen (secondary N) is 1. The molecule has 0 bridgehead atoms. The highest BCUT2D eigenvalue weighted by Crippen LogP contribution is 2.14. The van der Waals surface area contributed by atoms with E-state index >= 15 is 0 Å². The third kappa shape index (κ3) is 2.63. The summed E-state index contributed by atoms with van der Waals surface area (Å²) < 4.78 is 2.02. The standard InChI is InChI=1S/C15H14N4/c1-2-7-14(8-3-1)19-11-10-17-15(19)18-12-13-6-4-5-9-16-13/h1-11H,12H2,(H,17,18). The number of anilines is 1. The third-order valence-corrected chi connectivity index (χ3v) is 2.83. The number of rotatable bonds is 4. The fourth-order valence-corrected chi connectivity index (χ4v) is 1.90. The van der Waals surface area contributed by atoms with Crippen LogP contribution in [0.4, 0.5) is 5.95 Å². The summed E-state index contributed by atoms with van der Waals surface area (Å²) in [5.74, 6) is 0.817. The van der Waals surface area contributed by atoms with Gasteiger partial charge in [-0.1, -0.05) is 24.3 Å². The number of hydrogen-bond acceptors (Lipinski definition) is 3. The quantitative estimate of drug-likeness (QED) is 0.774. The zero-order valence-electron chi connectivity index (χ0n) is 10.4. The Morgan fingerprint density at radius 2 is 1.74 bits per heavy atom. The molecule has 3 rings (SSSR count). The van der Waals surface area contributed by atoms with Crippen molar-refractivity contribution < 1.29 is 0 Å². The first-order valence-electron chi connectivity index (χ1n) is 6.16. The van der Waals surface area contributed by atoms with Crippen molar-refractivity contribution in [2.24, 2.45) is 0 Å². The van der Waals surface area contributed by atoms with E-state index in [2.05, 4.69) is 15.3 Å². The second-order valence-electron chi connectivity index (χ2n) is 4.13. The van der Waals surface area contributed by atoms with Gasteiger partial charge in [0.15, 0.2) is 0 Å². The maximum atomic E-state index is 4.33. The van der Waals surface area contributed by atoms with Crippen molar-refractivity contribution in [1.82, 2.24) is 14.5 Å². The van der Waals surface area contributed by atoms with Crippen LogP contribution in [0.2, 0.25) is 0 Å². The van der Waals surface area contributed by atoms with Gasteiger partial charge >= 0.3 is 0 Å². The summed E-state index contributed by atoms with van der Waals surface area (Å²) >= 11 is 0. The molecule has 4 nitrogen and oxygen atoms in total. The third-order valence-electron chi connectivity index (χ3n) is 2.83. The Labute approximate surface area is 111 Å². The summed E-state index contributed by atoms with van der Waals surface area (Å²) in [7, 11) is 0. The molecule has 0 unspecified atom stereocenters. The normalized spacial score (nSPS) is 10.3. The predicted octanol–water partition coefficient (Wildman–Crippen LogP) is 2.88. The molecule has 0 fully saturated rings. The van der Waals surface area contributed by atoms with E-state index in [1.807, 2.05) is 59.3 Å². The van der Waals surface area contributed by atoms with E-state index in [0.717, 1.165) is 17.3 Å². The molecule has 0 amide bonds. The number of hydrogen-bond donors (Lipinski definition) is 1. The van der Waals surface area contributed by atoms with E-state index < -0.39 is 0 Å². The molecule has 0 aliphatic heterocycles. The zero-order valence-corrected chi connectivity index (χ0v) is 10.4. The van der Waals surface area contributed by atoms with Crippen molar-refractivity contribution in [2.45, 2.75) is 6.54 Å². The highest BCUT2D eigenvalue weighted by molar-refractivity contribution is 5.41. The van der Waals surface area contributed by atoms with E-state index in [1.165, 1.54) is 0 Å². The molecule has 94 valence electrons. The molecular formula is C15H14N4. The van der Waals surface area contributed by atoms with Gasteiger partial charge in [0.05, 0.1) is 12.2 Å². The minimum Gasteiger partial charge on any atom is -0.350 e. The molecule has 3 aromatic rings. The van der Waals surface area contributed by atoms with Gasteiger partial charge in [-0.15, -0.1) is 0 Å². The average molecular weight is 250 g/mol. The minimum absolute atomic E-state index is 0.657. The van der Waals surface area contributed by atoms with Crippen LogP contribution in [0, 0.1) is 0 Å². The molecule has 0 radical (unpaired) electrons. The SMILES string of the molecule is c1ccc(-n2ccnc2NCc2ccccn2)cc1. The maximum absolute atomic E-state index is 4.33. The second-order valence-corrected chi connectivity index (χ2v) is 4.13. The van der Waals surface area contributed by atoms with E-state index in [-0.39, 0.29) is 0 Å². The number of pyridine rings is 1. The smallest absolute Gasteiger partial charge is 0.207 e. The van der Waals surface area contributed by atoms with Gasteiger partial charge in [-0.3, -0.25) is 9.55 Å². The topological polar surface area (TPSA) is 42.7 Å². The Hall–Kier alpha value is -2.62. The fraction of sp³-hybridized carbons (Fsp3) is 0.0667. The van der Waals surface area contributed by atoms with Crippen molar-refractivity contribution in [2.75, 3.05) is 5.32 Å². The van der Waals surface area contributed by atoms with Gasteiger partial charge < -0.3 is 5.32 Å². The Kier molecular flexibility index (Phi) is 3.23. The molecule has 1 aromatic carbocycles. The van der Waals surface area contributed by atoms with Crippen LogP contribution >= 0.6 is 0 Å². The molecule has 2 heterocycles. The molecule has 0 spiro atoms. The molecular weight excluding hydrogens is 236 g/mol. The monoisotopic (exact) mass is 250 g/mol. The van der Waals surface area contributed by atoms with Crippen LogP contribution in [0.1, 0.15) is 5.69 Å². The lowest BCUT2D eigenvalue weighted by molar-refractivity contribution is 0.974. The highest BCUT2D eigenvalue weighted by Gasteiger charge is 2.04. The predicted molar refractivity (Wildman–Crippen MR) is 75.1 cm³/mol. The van der Waals surface area contributed by atoms with Crippen LogP contribution in [0.15, 0.2) is 67.1 Å². The van der Waals surface area contributed by atoms with E-state index in [4.69, 9.17) is 0 Å².